The summed E-state index contributed by atoms with van der Waals surface area (Å²) in [7, 11) is 0. The Morgan fingerprint density at radius 2 is 2.05 bits per heavy atom. The van der Waals surface area contributed by atoms with E-state index in [2.05, 4.69) is 5.32 Å². The van der Waals surface area contributed by atoms with Crippen molar-refractivity contribution >= 4 is 17.3 Å². The molecule has 0 amide bonds. The van der Waals surface area contributed by atoms with Gasteiger partial charge < -0.3 is 15.5 Å². The molecule has 0 radical (unpaired) electrons. The summed E-state index contributed by atoms with van der Waals surface area (Å²) in [5.74, 6) is -1.27. The number of para-hydroxylation sites is 1. The predicted octanol–water partition coefficient (Wildman–Crippen LogP) is 1.86. The number of nitrogens with zero attached hydrogens (tertiary/aromatic N) is 1. The summed E-state index contributed by atoms with van der Waals surface area (Å²) in [6.07, 6.45) is -0.825. The standard InChI is InChI=1S/C12H16N2O5/c1-7(15)12(2,3)13-10-8(11(16)17)5-4-6-9(10)14(18)19/h4-7,13,15H,1-3H3,(H,16,17). The minimum Gasteiger partial charge on any atom is -0.478 e. The molecule has 7 heteroatoms. The molecule has 1 aromatic carbocycles. The zero-order valence-corrected chi connectivity index (χ0v) is 10.9. The molecule has 1 unspecified atom stereocenters. The number of carbonyl (C=O) groups is 1. The van der Waals surface area contributed by atoms with Crippen molar-refractivity contribution in [2.45, 2.75) is 32.4 Å². The second-order valence-electron chi connectivity index (χ2n) is 4.78. The van der Waals surface area contributed by atoms with Gasteiger partial charge >= 0.3 is 5.97 Å². The van der Waals surface area contributed by atoms with Crippen molar-refractivity contribution in [2.24, 2.45) is 0 Å². The highest BCUT2D eigenvalue weighted by Crippen LogP contribution is 2.31. The lowest BCUT2D eigenvalue weighted by Gasteiger charge is -2.30. The number of nitro benzene ring substituents is 1. The Morgan fingerprint density at radius 3 is 2.47 bits per heavy atom. The Hall–Kier alpha value is -2.15. The molecular formula is C12H16N2O5. The maximum atomic E-state index is 11.1. The average Bonchev–Trinajstić information content (AvgIpc) is 2.27. The summed E-state index contributed by atoms with van der Waals surface area (Å²) in [6, 6.07) is 3.80. The van der Waals surface area contributed by atoms with E-state index in [1.165, 1.54) is 25.1 Å². The molecule has 1 rings (SSSR count). The second-order valence-corrected chi connectivity index (χ2v) is 4.78. The number of hydrogen-bond donors (Lipinski definition) is 3. The monoisotopic (exact) mass is 268 g/mol. The Bertz CT molecular complexity index is 479. The summed E-state index contributed by atoms with van der Waals surface area (Å²) in [6.45, 7) is 4.77. The first-order chi connectivity index (χ1) is 8.66. The van der Waals surface area contributed by atoms with E-state index in [4.69, 9.17) is 5.11 Å². The number of nitro groups is 1. The lowest BCUT2D eigenvalue weighted by atomic mass is 9.97. The minimum atomic E-state index is -1.27. The number of benzene rings is 1. The first-order valence-corrected chi connectivity index (χ1v) is 5.63. The second kappa shape index (κ2) is 5.23. The number of carboxylic acids is 1. The van der Waals surface area contributed by atoms with Gasteiger partial charge in [0.1, 0.15) is 5.69 Å². The fraction of sp³-hybridized carbons (Fsp3) is 0.417. The van der Waals surface area contributed by atoms with Gasteiger partial charge in [-0.15, -0.1) is 0 Å². The summed E-state index contributed by atoms with van der Waals surface area (Å²) in [5, 5.41) is 32.4. The maximum absolute atomic E-state index is 11.1. The molecule has 7 nitrogen and oxygen atoms in total. The molecule has 104 valence electrons. The van der Waals surface area contributed by atoms with Crippen LogP contribution in [0.1, 0.15) is 31.1 Å². The van der Waals surface area contributed by atoms with Crippen molar-refractivity contribution in [1.29, 1.82) is 0 Å². The third-order valence-electron chi connectivity index (χ3n) is 2.96. The van der Waals surface area contributed by atoms with Gasteiger partial charge in [-0.1, -0.05) is 6.07 Å². The zero-order valence-electron chi connectivity index (χ0n) is 10.9. The van der Waals surface area contributed by atoms with Crippen LogP contribution in [0.25, 0.3) is 0 Å². The van der Waals surface area contributed by atoms with Crippen LogP contribution in [-0.4, -0.2) is 32.7 Å². The molecule has 0 aliphatic rings. The molecule has 0 fully saturated rings. The normalized spacial score (nSPS) is 12.8. The van der Waals surface area contributed by atoms with Gasteiger partial charge in [0.25, 0.3) is 5.69 Å². The van der Waals surface area contributed by atoms with Gasteiger partial charge in [-0.25, -0.2) is 4.79 Å². The molecule has 0 saturated carbocycles. The number of hydrogen-bond acceptors (Lipinski definition) is 5. The molecule has 0 heterocycles. The summed E-state index contributed by atoms with van der Waals surface area (Å²) < 4.78 is 0. The van der Waals surface area contributed by atoms with Gasteiger partial charge in [-0.05, 0) is 26.8 Å². The van der Waals surface area contributed by atoms with E-state index < -0.39 is 22.5 Å². The highest BCUT2D eigenvalue weighted by molar-refractivity contribution is 5.97. The molecule has 0 aliphatic carbocycles. The van der Waals surface area contributed by atoms with E-state index in [0.717, 1.165) is 0 Å². The Balaban J connectivity index is 3.38. The van der Waals surface area contributed by atoms with Crippen LogP contribution >= 0.6 is 0 Å². The molecule has 0 bridgehead atoms. The number of carboxylic acid groups (broad SMARTS) is 1. The number of aliphatic hydroxyl groups is 1. The van der Waals surface area contributed by atoms with Crippen LogP contribution in [0.5, 0.6) is 0 Å². The van der Waals surface area contributed by atoms with Gasteiger partial charge in [0, 0.05) is 6.07 Å². The van der Waals surface area contributed by atoms with Gasteiger partial charge in [0.2, 0.25) is 0 Å². The fourth-order valence-corrected chi connectivity index (χ4v) is 1.43. The molecule has 0 aliphatic heterocycles. The molecule has 3 N–H and O–H groups in total. The molecule has 0 aromatic heterocycles. The number of aromatic carboxylic acids is 1. The number of aliphatic hydroxyl groups excluding tert-OH is 1. The van der Waals surface area contributed by atoms with Gasteiger partial charge in [-0.3, -0.25) is 10.1 Å². The molecule has 0 spiro atoms. The first-order valence-electron chi connectivity index (χ1n) is 5.63. The van der Waals surface area contributed by atoms with Gasteiger partial charge in [0.15, 0.2) is 0 Å². The van der Waals surface area contributed by atoms with E-state index in [1.54, 1.807) is 13.8 Å². The highest BCUT2D eigenvalue weighted by Gasteiger charge is 2.30. The van der Waals surface area contributed by atoms with E-state index in [0.29, 0.717) is 0 Å². The van der Waals surface area contributed by atoms with Crippen LogP contribution in [0.15, 0.2) is 18.2 Å². The van der Waals surface area contributed by atoms with Crippen LogP contribution in [0.4, 0.5) is 11.4 Å². The van der Waals surface area contributed by atoms with Crippen LogP contribution < -0.4 is 5.32 Å². The summed E-state index contributed by atoms with van der Waals surface area (Å²) >= 11 is 0. The van der Waals surface area contributed by atoms with Crippen molar-refractivity contribution in [3.05, 3.63) is 33.9 Å². The molecule has 1 atom stereocenters. The van der Waals surface area contributed by atoms with Gasteiger partial charge in [-0.2, -0.15) is 0 Å². The number of anilines is 1. The van der Waals surface area contributed by atoms with E-state index in [-0.39, 0.29) is 16.9 Å². The van der Waals surface area contributed by atoms with E-state index >= 15 is 0 Å². The van der Waals surface area contributed by atoms with Crippen LogP contribution in [0.3, 0.4) is 0 Å². The number of rotatable bonds is 5. The molecular weight excluding hydrogens is 252 g/mol. The third kappa shape index (κ3) is 3.19. The molecule has 0 saturated heterocycles. The Labute approximate surface area is 110 Å². The zero-order chi connectivity index (χ0) is 14.8. The Kier molecular flexibility index (Phi) is 4.10. The van der Waals surface area contributed by atoms with E-state index in [1.807, 2.05) is 0 Å². The highest BCUT2D eigenvalue weighted by atomic mass is 16.6. The van der Waals surface area contributed by atoms with Crippen molar-refractivity contribution in [3.63, 3.8) is 0 Å². The predicted molar refractivity (Wildman–Crippen MR) is 69.4 cm³/mol. The maximum Gasteiger partial charge on any atom is 0.338 e. The average molecular weight is 268 g/mol. The largest absolute Gasteiger partial charge is 0.478 e. The van der Waals surface area contributed by atoms with Crippen molar-refractivity contribution in [1.82, 2.24) is 0 Å². The first kappa shape index (κ1) is 14.9. The summed E-state index contributed by atoms with van der Waals surface area (Å²) in [5.41, 5.74) is -1.56. The van der Waals surface area contributed by atoms with Crippen molar-refractivity contribution in [2.75, 3.05) is 5.32 Å². The van der Waals surface area contributed by atoms with Crippen LogP contribution in [0.2, 0.25) is 0 Å². The number of nitrogens with one attached hydrogen (secondary N) is 1. The van der Waals surface area contributed by atoms with E-state index in [9.17, 15) is 20.0 Å². The Morgan fingerprint density at radius 1 is 1.47 bits per heavy atom. The van der Waals surface area contributed by atoms with Crippen LogP contribution in [0, 0.1) is 10.1 Å². The minimum absolute atomic E-state index is 0.106. The van der Waals surface area contributed by atoms with Crippen LogP contribution in [-0.2, 0) is 0 Å². The molecule has 1 aromatic rings. The van der Waals surface area contributed by atoms with Crippen molar-refractivity contribution in [3.8, 4) is 0 Å². The molecule has 19 heavy (non-hydrogen) atoms. The fourth-order valence-electron chi connectivity index (χ4n) is 1.43. The topological polar surface area (TPSA) is 113 Å². The third-order valence-corrected chi connectivity index (χ3v) is 2.96. The SMILES string of the molecule is CC(O)C(C)(C)Nc1c(C(=O)O)cccc1[N+](=O)[O-]. The van der Waals surface area contributed by atoms with Gasteiger partial charge in [0.05, 0.1) is 22.1 Å². The summed E-state index contributed by atoms with van der Waals surface area (Å²) in [4.78, 5) is 21.4. The lowest BCUT2D eigenvalue weighted by Crippen LogP contribution is -2.42. The smallest absolute Gasteiger partial charge is 0.338 e. The van der Waals surface area contributed by atoms with Crippen molar-refractivity contribution < 1.29 is 19.9 Å². The quantitative estimate of drug-likeness (QED) is 0.555. The lowest BCUT2D eigenvalue weighted by molar-refractivity contribution is -0.384.